The van der Waals surface area contributed by atoms with Gasteiger partial charge < -0.3 is 10.1 Å². The third-order valence-electron chi connectivity index (χ3n) is 2.42. The van der Waals surface area contributed by atoms with Crippen molar-refractivity contribution in [3.8, 4) is 0 Å². The molecule has 0 atom stereocenters. The fourth-order valence-electron chi connectivity index (χ4n) is 1.47. The largest absolute Gasteiger partial charge is 0.466 e. The van der Waals surface area contributed by atoms with Gasteiger partial charge in [0.05, 0.1) is 7.11 Å². The molecule has 3 nitrogen and oxygen atoms in total. The lowest BCUT2D eigenvalue weighted by Crippen LogP contribution is -2.14. The zero-order valence-electron chi connectivity index (χ0n) is 10.6. The monoisotopic (exact) mass is 253 g/mol. The van der Waals surface area contributed by atoms with Gasteiger partial charge in [-0.3, -0.25) is 0 Å². The molecule has 1 N–H and O–H groups in total. The molecule has 0 aliphatic heterocycles. The van der Waals surface area contributed by atoms with Crippen molar-refractivity contribution < 1.29 is 9.53 Å². The number of hydrogen-bond acceptors (Lipinski definition) is 4. The Hall–Kier alpha value is -1.13. The fraction of sp³-hybridized carbons (Fsp3) is 0.462. The van der Waals surface area contributed by atoms with Crippen molar-refractivity contribution in [3.05, 3.63) is 33.5 Å². The first-order valence-electron chi connectivity index (χ1n) is 5.70. The van der Waals surface area contributed by atoms with Gasteiger partial charge in [0.1, 0.15) is 0 Å². The van der Waals surface area contributed by atoms with Gasteiger partial charge in [-0.1, -0.05) is 13.0 Å². The molecule has 94 valence electrons. The summed E-state index contributed by atoms with van der Waals surface area (Å²) in [6, 6.07) is 4.24. The topological polar surface area (TPSA) is 38.3 Å². The summed E-state index contributed by atoms with van der Waals surface area (Å²) < 4.78 is 4.69. The second-order valence-corrected chi connectivity index (χ2v) is 5.09. The summed E-state index contributed by atoms with van der Waals surface area (Å²) in [5.41, 5.74) is 0.724. The number of carbonyl (C=O) groups excluding carboxylic acids is 1. The Morgan fingerprint density at radius 2 is 2.29 bits per heavy atom. The van der Waals surface area contributed by atoms with Gasteiger partial charge >= 0.3 is 5.97 Å². The minimum Gasteiger partial charge on any atom is -0.466 e. The molecule has 1 heterocycles. The fourth-order valence-corrected chi connectivity index (χ4v) is 2.33. The smallest absolute Gasteiger partial charge is 0.333 e. The van der Waals surface area contributed by atoms with Crippen LogP contribution in [0, 0.1) is 6.92 Å². The first-order chi connectivity index (χ1) is 8.17. The van der Waals surface area contributed by atoms with Crippen molar-refractivity contribution in [2.24, 2.45) is 0 Å². The lowest BCUT2D eigenvalue weighted by molar-refractivity contribution is -0.136. The Kier molecular flexibility index (Phi) is 5.94. The maximum atomic E-state index is 11.3. The van der Waals surface area contributed by atoms with E-state index in [1.54, 1.807) is 11.3 Å². The van der Waals surface area contributed by atoms with Gasteiger partial charge in [0, 0.05) is 28.4 Å². The van der Waals surface area contributed by atoms with Crippen LogP contribution in [0.25, 0.3) is 0 Å². The van der Waals surface area contributed by atoms with Crippen LogP contribution < -0.4 is 5.32 Å². The van der Waals surface area contributed by atoms with E-state index >= 15 is 0 Å². The van der Waals surface area contributed by atoms with Crippen LogP contribution in [0.1, 0.15) is 23.1 Å². The lowest BCUT2D eigenvalue weighted by Gasteiger charge is -2.03. The Balaban J connectivity index is 2.35. The minimum atomic E-state index is -0.235. The van der Waals surface area contributed by atoms with Crippen molar-refractivity contribution in [2.75, 3.05) is 13.7 Å². The highest BCUT2D eigenvalue weighted by molar-refractivity contribution is 7.11. The quantitative estimate of drug-likeness (QED) is 0.481. The van der Waals surface area contributed by atoms with Crippen molar-refractivity contribution in [2.45, 2.75) is 26.8 Å². The SMILES string of the molecule is CC/C(=C/CNCc1ccc(C)s1)C(=O)OC. The lowest BCUT2D eigenvalue weighted by atomic mass is 10.2. The normalized spacial score (nSPS) is 11.6. The molecule has 1 aromatic rings. The van der Waals surface area contributed by atoms with Gasteiger partial charge in [0.25, 0.3) is 0 Å². The highest BCUT2D eigenvalue weighted by atomic mass is 32.1. The first kappa shape index (κ1) is 13.9. The maximum Gasteiger partial charge on any atom is 0.333 e. The van der Waals surface area contributed by atoms with Crippen molar-refractivity contribution in [1.29, 1.82) is 0 Å². The van der Waals surface area contributed by atoms with Crippen LogP contribution >= 0.6 is 11.3 Å². The summed E-state index contributed by atoms with van der Waals surface area (Å²) in [6.45, 7) is 5.58. The van der Waals surface area contributed by atoms with Crippen molar-refractivity contribution in [1.82, 2.24) is 5.32 Å². The van der Waals surface area contributed by atoms with Crippen LogP contribution in [0.5, 0.6) is 0 Å². The molecule has 0 unspecified atom stereocenters. The highest BCUT2D eigenvalue weighted by Crippen LogP contribution is 2.14. The van der Waals surface area contributed by atoms with E-state index in [4.69, 9.17) is 0 Å². The summed E-state index contributed by atoms with van der Waals surface area (Å²) in [5, 5.41) is 3.29. The molecule has 0 aliphatic rings. The van der Waals surface area contributed by atoms with E-state index in [0.29, 0.717) is 13.0 Å². The number of ether oxygens (including phenoxy) is 1. The van der Waals surface area contributed by atoms with E-state index < -0.39 is 0 Å². The number of thiophene rings is 1. The number of hydrogen-bond donors (Lipinski definition) is 1. The van der Waals surface area contributed by atoms with Gasteiger partial charge in [0.15, 0.2) is 0 Å². The maximum absolute atomic E-state index is 11.3. The molecule has 0 aliphatic carbocycles. The second kappa shape index (κ2) is 7.25. The molecule has 0 saturated heterocycles. The molecule has 0 fully saturated rings. The molecule has 0 bridgehead atoms. The molecule has 0 aromatic carbocycles. The van der Waals surface area contributed by atoms with Crippen molar-refractivity contribution in [3.63, 3.8) is 0 Å². The summed E-state index contributed by atoms with van der Waals surface area (Å²) >= 11 is 1.79. The third kappa shape index (κ3) is 4.71. The minimum absolute atomic E-state index is 0.235. The van der Waals surface area contributed by atoms with E-state index in [-0.39, 0.29) is 5.97 Å². The zero-order chi connectivity index (χ0) is 12.7. The molecular formula is C13H19NO2S. The molecule has 4 heteroatoms. The predicted octanol–water partition coefficient (Wildman–Crippen LogP) is 2.66. The van der Waals surface area contributed by atoms with Crippen molar-refractivity contribution >= 4 is 17.3 Å². The number of esters is 1. The molecule has 0 spiro atoms. The second-order valence-electron chi connectivity index (χ2n) is 3.72. The third-order valence-corrected chi connectivity index (χ3v) is 3.42. The molecule has 0 radical (unpaired) electrons. The van der Waals surface area contributed by atoms with Crippen LogP contribution in [-0.4, -0.2) is 19.6 Å². The summed E-state index contributed by atoms with van der Waals surface area (Å²) in [6.07, 6.45) is 2.60. The molecular weight excluding hydrogens is 234 g/mol. The van der Waals surface area contributed by atoms with Crippen LogP contribution in [0.3, 0.4) is 0 Å². The van der Waals surface area contributed by atoms with Crippen LogP contribution in [0.2, 0.25) is 0 Å². The van der Waals surface area contributed by atoms with Crippen LogP contribution in [0.15, 0.2) is 23.8 Å². The van der Waals surface area contributed by atoms with E-state index in [1.165, 1.54) is 16.9 Å². The first-order valence-corrected chi connectivity index (χ1v) is 6.52. The molecule has 1 aromatic heterocycles. The van der Waals surface area contributed by atoms with E-state index in [9.17, 15) is 4.79 Å². The Morgan fingerprint density at radius 3 is 2.82 bits per heavy atom. The van der Waals surface area contributed by atoms with Gasteiger partial charge in [-0.25, -0.2) is 4.79 Å². The highest BCUT2D eigenvalue weighted by Gasteiger charge is 2.05. The van der Waals surface area contributed by atoms with Gasteiger partial charge in [-0.05, 0) is 25.5 Å². The number of nitrogens with one attached hydrogen (secondary N) is 1. The number of aryl methyl sites for hydroxylation is 1. The summed E-state index contributed by atoms with van der Waals surface area (Å²) in [4.78, 5) is 13.9. The van der Waals surface area contributed by atoms with Crippen LogP contribution in [-0.2, 0) is 16.1 Å². The number of carbonyl (C=O) groups is 1. The van der Waals surface area contributed by atoms with Gasteiger partial charge in [-0.2, -0.15) is 0 Å². The molecule has 0 amide bonds. The Morgan fingerprint density at radius 1 is 1.53 bits per heavy atom. The molecule has 1 rings (SSSR count). The number of rotatable bonds is 6. The average molecular weight is 253 g/mol. The number of methoxy groups -OCH3 is 1. The van der Waals surface area contributed by atoms with E-state index in [1.807, 2.05) is 13.0 Å². The zero-order valence-corrected chi connectivity index (χ0v) is 11.4. The molecule has 17 heavy (non-hydrogen) atoms. The van der Waals surface area contributed by atoms with Crippen LogP contribution in [0.4, 0.5) is 0 Å². The van der Waals surface area contributed by atoms with Gasteiger partial charge in [-0.15, -0.1) is 11.3 Å². The van der Waals surface area contributed by atoms with E-state index in [2.05, 4.69) is 29.1 Å². The molecule has 0 saturated carbocycles. The summed E-state index contributed by atoms with van der Waals surface area (Å²) in [7, 11) is 1.41. The average Bonchev–Trinajstić information content (AvgIpc) is 2.74. The van der Waals surface area contributed by atoms with Gasteiger partial charge in [0.2, 0.25) is 0 Å². The Labute approximate surface area is 106 Å². The predicted molar refractivity (Wildman–Crippen MR) is 71.2 cm³/mol. The Bertz CT molecular complexity index is 396. The standard InChI is InChI=1S/C13H19NO2S/c1-4-11(13(15)16-3)7-8-14-9-12-6-5-10(2)17-12/h5-7,14H,4,8-9H2,1-3H3/b11-7-. The van der Waals surface area contributed by atoms with E-state index in [0.717, 1.165) is 12.1 Å². The summed E-state index contributed by atoms with van der Waals surface area (Å²) in [5.74, 6) is -0.235.